The Balaban J connectivity index is 1.98. The molecule has 0 aliphatic carbocycles. The van der Waals surface area contributed by atoms with Gasteiger partial charge in [0.1, 0.15) is 5.73 Å². The fraction of sp³-hybridized carbons (Fsp3) is 0.421. The number of methoxy groups -OCH3 is 1. The summed E-state index contributed by atoms with van der Waals surface area (Å²) in [4.78, 5) is 14.7. The monoisotopic (exact) mass is 359 g/mol. The van der Waals surface area contributed by atoms with Gasteiger partial charge in [0.05, 0.1) is 23.9 Å². The van der Waals surface area contributed by atoms with Gasteiger partial charge in [-0.1, -0.05) is 6.07 Å². The number of hydrogen-bond acceptors (Lipinski definition) is 4. The highest BCUT2D eigenvalue weighted by molar-refractivity contribution is 6.55. The second-order valence-corrected chi connectivity index (χ2v) is 7.52. The van der Waals surface area contributed by atoms with Crippen LogP contribution in [-0.4, -0.2) is 36.4 Å². The van der Waals surface area contributed by atoms with E-state index < -0.39 is 30.0 Å². The highest BCUT2D eigenvalue weighted by Crippen LogP contribution is 2.40. The number of hydrogen-bond donors (Lipinski definition) is 1. The quantitative estimate of drug-likeness (QED) is 0.656. The van der Waals surface area contributed by atoms with E-state index in [0.717, 1.165) is 10.9 Å². The van der Waals surface area contributed by atoms with Crippen LogP contribution in [0.4, 0.5) is 4.39 Å². The van der Waals surface area contributed by atoms with E-state index >= 15 is 4.39 Å². The number of carbonyl (C=O) groups is 1. The third-order valence-electron chi connectivity index (χ3n) is 5.33. The Labute approximate surface area is 152 Å². The molecule has 7 heteroatoms. The van der Waals surface area contributed by atoms with Crippen LogP contribution in [0.25, 0.3) is 16.5 Å². The molecule has 0 radical (unpaired) electrons. The summed E-state index contributed by atoms with van der Waals surface area (Å²) in [6.45, 7) is 9.23. The van der Waals surface area contributed by atoms with Gasteiger partial charge in [-0.3, -0.25) is 0 Å². The normalized spacial score (nSPS) is 19.6. The maximum absolute atomic E-state index is 15.1. The molecule has 0 unspecified atom stereocenters. The summed E-state index contributed by atoms with van der Waals surface area (Å²) < 4.78 is 31.4. The number of ether oxygens (including phenoxy) is 1. The molecule has 1 aromatic carbocycles. The summed E-state index contributed by atoms with van der Waals surface area (Å²) >= 11 is 0. The van der Waals surface area contributed by atoms with Crippen LogP contribution in [0.3, 0.4) is 0 Å². The van der Waals surface area contributed by atoms with Gasteiger partial charge in [0, 0.05) is 22.7 Å². The van der Waals surface area contributed by atoms with Gasteiger partial charge in [0.25, 0.3) is 0 Å². The van der Waals surface area contributed by atoms with Crippen LogP contribution in [0.15, 0.2) is 30.1 Å². The first-order valence-corrected chi connectivity index (χ1v) is 8.49. The van der Waals surface area contributed by atoms with Crippen molar-refractivity contribution in [1.82, 2.24) is 4.98 Å². The topological polar surface area (TPSA) is 60.6 Å². The van der Waals surface area contributed by atoms with Crippen LogP contribution >= 0.6 is 0 Å². The third-order valence-corrected chi connectivity index (χ3v) is 5.33. The third kappa shape index (κ3) is 2.95. The van der Waals surface area contributed by atoms with Gasteiger partial charge in [-0.15, -0.1) is 0 Å². The molecular formula is C19H23BFNO4. The first kappa shape index (κ1) is 18.7. The van der Waals surface area contributed by atoms with Crippen molar-refractivity contribution >= 4 is 29.6 Å². The van der Waals surface area contributed by atoms with Crippen molar-refractivity contribution in [3.05, 3.63) is 41.2 Å². The molecule has 1 aromatic heterocycles. The second kappa shape index (κ2) is 6.25. The largest absolute Gasteiger partial charge is 0.525 e. The predicted octanol–water partition coefficient (Wildman–Crippen LogP) is 4.29. The molecule has 0 bridgehead atoms. The molecule has 3 rings (SSSR count). The van der Waals surface area contributed by atoms with Gasteiger partial charge in [0.2, 0.25) is 0 Å². The first-order chi connectivity index (χ1) is 12.1. The molecule has 26 heavy (non-hydrogen) atoms. The molecule has 1 saturated heterocycles. The van der Waals surface area contributed by atoms with Gasteiger partial charge < -0.3 is 19.0 Å². The molecule has 2 heterocycles. The SMILES string of the molecule is COC(=O)c1ccc2c(C(C)=C(F)B3OC(C)(C)C(C)(C)O3)c[nH]c2c1. The molecule has 0 saturated carbocycles. The summed E-state index contributed by atoms with van der Waals surface area (Å²) in [5, 5.41) is 0.807. The van der Waals surface area contributed by atoms with Crippen molar-refractivity contribution in [3.63, 3.8) is 0 Å². The summed E-state index contributed by atoms with van der Waals surface area (Å²) in [5.74, 6) is -0.418. The molecule has 138 valence electrons. The Hall–Kier alpha value is -2.12. The number of rotatable bonds is 3. The molecule has 1 fully saturated rings. The van der Waals surface area contributed by atoms with E-state index in [-0.39, 0.29) is 0 Å². The highest BCUT2D eigenvalue weighted by atomic mass is 19.1. The fourth-order valence-electron chi connectivity index (χ4n) is 2.93. The van der Waals surface area contributed by atoms with E-state index in [1.54, 1.807) is 31.3 Å². The van der Waals surface area contributed by atoms with Crippen molar-refractivity contribution < 1.29 is 23.2 Å². The molecule has 0 spiro atoms. The van der Waals surface area contributed by atoms with Crippen LogP contribution in [0.1, 0.15) is 50.5 Å². The number of aromatic nitrogens is 1. The zero-order chi connectivity index (χ0) is 19.3. The van der Waals surface area contributed by atoms with Crippen LogP contribution < -0.4 is 0 Å². The number of allylic oxidation sites excluding steroid dienone is 1. The zero-order valence-corrected chi connectivity index (χ0v) is 15.9. The Morgan fingerprint density at radius 1 is 1.19 bits per heavy atom. The average molecular weight is 359 g/mol. The summed E-state index contributed by atoms with van der Waals surface area (Å²) in [7, 11) is 0.291. The molecule has 0 atom stereocenters. The highest BCUT2D eigenvalue weighted by Gasteiger charge is 2.53. The zero-order valence-electron chi connectivity index (χ0n) is 15.9. The number of nitrogens with one attached hydrogen (secondary N) is 1. The maximum atomic E-state index is 15.1. The van der Waals surface area contributed by atoms with Gasteiger partial charge >= 0.3 is 13.1 Å². The smallest absolute Gasteiger partial charge is 0.465 e. The number of benzene rings is 1. The van der Waals surface area contributed by atoms with E-state index in [0.29, 0.717) is 16.7 Å². The minimum atomic E-state index is -1.04. The van der Waals surface area contributed by atoms with E-state index in [4.69, 9.17) is 14.0 Å². The number of esters is 1. The lowest BCUT2D eigenvalue weighted by atomic mass is 9.83. The van der Waals surface area contributed by atoms with Crippen LogP contribution in [0.5, 0.6) is 0 Å². The standard InChI is InChI=1S/C19H23BFNO4/c1-11(16(21)20-25-18(2,3)19(4,5)26-20)14-10-22-15-9-12(17(23)24-6)7-8-13(14)15/h7-10,22H,1-6H3. The van der Waals surface area contributed by atoms with E-state index in [1.807, 2.05) is 27.7 Å². The van der Waals surface area contributed by atoms with Crippen molar-refractivity contribution in [2.24, 2.45) is 0 Å². The van der Waals surface area contributed by atoms with Crippen LogP contribution in [0, 0.1) is 0 Å². The molecule has 2 aromatic rings. The Morgan fingerprint density at radius 3 is 2.38 bits per heavy atom. The molecule has 1 aliphatic heterocycles. The lowest BCUT2D eigenvalue weighted by molar-refractivity contribution is 0.00578. The van der Waals surface area contributed by atoms with Crippen LogP contribution in [0.2, 0.25) is 0 Å². The van der Waals surface area contributed by atoms with Crippen LogP contribution in [-0.2, 0) is 14.0 Å². The van der Waals surface area contributed by atoms with Gasteiger partial charge in [0.15, 0.2) is 0 Å². The predicted molar refractivity (Wildman–Crippen MR) is 99.4 cm³/mol. The summed E-state index contributed by atoms with van der Waals surface area (Å²) in [6, 6.07) is 5.12. The van der Waals surface area contributed by atoms with Crippen molar-refractivity contribution in [2.75, 3.05) is 7.11 Å². The van der Waals surface area contributed by atoms with Crippen molar-refractivity contribution in [1.29, 1.82) is 0 Å². The first-order valence-electron chi connectivity index (χ1n) is 8.49. The number of H-pyrrole nitrogens is 1. The molecule has 1 N–H and O–H groups in total. The summed E-state index contributed by atoms with van der Waals surface area (Å²) in [5.41, 5.74) is 0.617. The van der Waals surface area contributed by atoms with Gasteiger partial charge in [-0.25, -0.2) is 9.18 Å². The van der Waals surface area contributed by atoms with Crippen molar-refractivity contribution in [2.45, 2.75) is 45.8 Å². The second-order valence-electron chi connectivity index (χ2n) is 7.52. The van der Waals surface area contributed by atoms with E-state index in [9.17, 15) is 4.79 Å². The molecular weight excluding hydrogens is 336 g/mol. The molecule has 5 nitrogen and oxygen atoms in total. The van der Waals surface area contributed by atoms with Gasteiger partial charge in [-0.2, -0.15) is 0 Å². The lowest BCUT2D eigenvalue weighted by Crippen LogP contribution is -2.41. The van der Waals surface area contributed by atoms with Gasteiger partial charge in [-0.05, 0) is 52.3 Å². The number of carbonyl (C=O) groups excluding carboxylic acids is 1. The Kier molecular flexibility index (Phi) is 4.49. The lowest BCUT2D eigenvalue weighted by Gasteiger charge is -2.32. The maximum Gasteiger partial charge on any atom is 0.525 e. The molecule has 0 amide bonds. The minimum Gasteiger partial charge on any atom is -0.465 e. The Morgan fingerprint density at radius 2 is 1.81 bits per heavy atom. The van der Waals surface area contributed by atoms with E-state index in [2.05, 4.69) is 4.98 Å². The fourth-order valence-corrected chi connectivity index (χ4v) is 2.93. The number of halogens is 1. The Bertz CT molecular complexity index is 884. The molecule has 1 aliphatic rings. The summed E-state index contributed by atoms with van der Waals surface area (Å²) in [6.07, 6.45) is 1.71. The van der Waals surface area contributed by atoms with Crippen molar-refractivity contribution in [3.8, 4) is 0 Å². The number of fused-ring (bicyclic) bond motifs is 1. The van der Waals surface area contributed by atoms with E-state index in [1.165, 1.54) is 7.11 Å². The minimum absolute atomic E-state index is 0.418. The number of aromatic amines is 1. The average Bonchev–Trinajstić information content (AvgIpc) is 3.10.